The number of halogens is 2. The lowest BCUT2D eigenvalue weighted by molar-refractivity contribution is -0.112. The van der Waals surface area contributed by atoms with E-state index in [9.17, 15) is 17.6 Å². The van der Waals surface area contributed by atoms with Crippen molar-refractivity contribution in [1.29, 1.82) is 0 Å². The van der Waals surface area contributed by atoms with Crippen LogP contribution in [-0.4, -0.2) is 33.5 Å². The summed E-state index contributed by atoms with van der Waals surface area (Å²) in [6.07, 6.45) is 6.67. The Balaban J connectivity index is 2.21. The van der Waals surface area contributed by atoms with Crippen molar-refractivity contribution in [3.63, 3.8) is 0 Å². The van der Waals surface area contributed by atoms with Crippen molar-refractivity contribution in [2.45, 2.75) is 44.6 Å². The zero-order chi connectivity index (χ0) is 23.2. The van der Waals surface area contributed by atoms with Gasteiger partial charge in [-0.1, -0.05) is 36.4 Å². The van der Waals surface area contributed by atoms with Crippen LogP contribution in [0.2, 0.25) is 5.02 Å². The minimum Gasteiger partial charge on any atom is -0.319 e. The molecule has 1 fully saturated rings. The third-order valence-corrected chi connectivity index (χ3v) is 7.25. The predicted octanol–water partition coefficient (Wildman–Crippen LogP) is 4.16. The molecule has 0 aliphatic carbocycles. The Labute approximate surface area is 188 Å². The molecule has 1 aromatic rings. The minimum atomic E-state index is -3.97. The molecule has 6 nitrogen and oxygen atoms in total. The van der Waals surface area contributed by atoms with Gasteiger partial charge in [-0.15, -0.1) is 0 Å². The maximum atomic E-state index is 14.7. The molecule has 9 heteroatoms. The zero-order valence-electron chi connectivity index (χ0n) is 18.0. The molecule has 0 bridgehead atoms. The Morgan fingerprint density at radius 3 is 2.55 bits per heavy atom. The Morgan fingerprint density at radius 1 is 1.32 bits per heavy atom. The van der Waals surface area contributed by atoms with E-state index in [0.717, 1.165) is 38.1 Å². The fraction of sp³-hybridized carbons (Fsp3) is 0.409. The molecular weight excluding hydrogens is 441 g/mol. The molecular formula is C22H29ClFN3O3S. The fourth-order valence-corrected chi connectivity index (χ4v) is 4.97. The Kier molecular flexibility index (Phi) is 9.00. The lowest BCUT2D eigenvalue weighted by Crippen LogP contribution is -2.42. The Morgan fingerprint density at radius 2 is 1.97 bits per heavy atom. The number of allylic oxidation sites excluding steroid dienone is 4. The second-order valence-corrected chi connectivity index (χ2v) is 9.74. The van der Waals surface area contributed by atoms with Gasteiger partial charge in [0.2, 0.25) is 10.0 Å². The quantitative estimate of drug-likeness (QED) is 0.394. The molecule has 1 saturated heterocycles. The number of carbonyl (C=O) groups is 1. The van der Waals surface area contributed by atoms with E-state index in [1.54, 1.807) is 39.0 Å². The van der Waals surface area contributed by atoms with Crippen LogP contribution in [0.5, 0.6) is 0 Å². The highest BCUT2D eigenvalue weighted by molar-refractivity contribution is 7.89. The SMILES string of the molecule is C=C/C=C\C(C)=C(/C)C(=O)Nc1c(F)cc(S(=O)(=O)N[C@H](C)C2CCNCC2)cc1Cl. The van der Waals surface area contributed by atoms with Crippen molar-refractivity contribution in [2.75, 3.05) is 18.4 Å². The van der Waals surface area contributed by atoms with Crippen molar-refractivity contribution < 1.29 is 17.6 Å². The van der Waals surface area contributed by atoms with Gasteiger partial charge in [-0.25, -0.2) is 17.5 Å². The molecule has 1 atom stereocenters. The molecule has 0 spiro atoms. The van der Waals surface area contributed by atoms with Gasteiger partial charge in [0.1, 0.15) is 5.82 Å². The van der Waals surface area contributed by atoms with Gasteiger partial charge in [0, 0.05) is 11.6 Å². The molecule has 1 aliphatic rings. The summed E-state index contributed by atoms with van der Waals surface area (Å²) >= 11 is 6.14. The van der Waals surface area contributed by atoms with Gasteiger partial charge in [-0.2, -0.15) is 0 Å². The van der Waals surface area contributed by atoms with Crippen LogP contribution in [0, 0.1) is 11.7 Å². The first kappa shape index (κ1) is 25.3. The molecule has 0 saturated carbocycles. The maximum absolute atomic E-state index is 14.7. The van der Waals surface area contributed by atoms with Crippen LogP contribution in [0.4, 0.5) is 10.1 Å². The van der Waals surface area contributed by atoms with Crippen molar-refractivity contribution >= 4 is 33.2 Å². The van der Waals surface area contributed by atoms with Crippen LogP contribution in [0.15, 0.2) is 53.0 Å². The molecule has 170 valence electrons. The van der Waals surface area contributed by atoms with Crippen molar-refractivity contribution in [2.24, 2.45) is 5.92 Å². The van der Waals surface area contributed by atoms with Crippen LogP contribution < -0.4 is 15.4 Å². The number of rotatable bonds is 8. The van der Waals surface area contributed by atoms with E-state index < -0.39 is 21.7 Å². The largest absolute Gasteiger partial charge is 0.319 e. The minimum absolute atomic E-state index is 0.197. The lowest BCUT2D eigenvalue weighted by atomic mass is 9.92. The number of sulfonamides is 1. The molecule has 1 amide bonds. The Hall–Kier alpha value is -2.00. The summed E-state index contributed by atoms with van der Waals surface area (Å²) < 4.78 is 42.9. The second-order valence-electron chi connectivity index (χ2n) is 7.62. The molecule has 1 heterocycles. The summed E-state index contributed by atoms with van der Waals surface area (Å²) in [5, 5.41) is 5.46. The lowest BCUT2D eigenvalue weighted by Gasteiger charge is -2.28. The number of piperidine rings is 1. The smallest absolute Gasteiger partial charge is 0.251 e. The summed E-state index contributed by atoms with van der Waals surface area (Å²) in [4.78, 5) is 12.1. The highest BCUT2D eigenvalue weighted by Crippen LogP contribution is 2.30. The summed E-state index contributed by atoms with van der Waals surface area (Å²) in [6, 6.07) is 1.71. The monoisotopic (exact) mass is 469 g/mol. The molecule has 1 aliphatic heterocycles. The average molecular weight is 470 g/mol. The van der Waals surface area contributed by atoms with Gasteiger partial charge in [-0.3, -0.25) is 4.79 Å². The van der Waals surface area contributed by atoms with Gasteiger partial charge in [0.15, 0.2) is 0 Å². The number of benzene rings is 1. The molecule has 31 heavy (non-hydrogen) atoms. The highest BCUT2D eigenvalue weighted by atomic mass is 35.5. The first-order valence-electron chi connectivity index (χ1n) is 10.1. The van der Waals surface area contributed by atoms with Gasteiger partial charge in [-0.05, 0) is 70.3 Å². The van der Waals surface area contributed by atoms with Crippen molar-refractivity contribution in [3.05, 3.63) is 58.9 Å². The summed E-state index contributed by atoms with van der Waals surface area (Å²) in [5.41, 5.74) is 0.767. The fourth-order valence-electron chi connectivity index (χ4n) is 3.30. The molecule has 1 aromatic carbocycles. The number of anilines is 1. The van der Waals surface area contributed by atoms with E-state index in [0.29, 0.717) is 11.1 Å². The molecule has 0 unspecified atom stereocenters. The van der Waals surface area contributed by atoms with E-state index in [1.807, 2.05) is 0 Å². The van der Waals surface area contributed by atoms with Gasteiger partial charge in [0.05, 0.1) is 15.6 Å². The van der Waals surface area contributed by atoms with E-state index in [2.05, 4.69) is 21.9 Å². The molecule has 0 radical (unpaired) electrons. The summed E-state index contributed by atoms with van der Waals surface area (Å²) in [7, 11) is -3.97. The molecule has 0 aromatic heterocycles. The first-order valence-corrected chi connectivity index (χ1v) is 11.9. The number of nitrogens with one attached hydrogen (secondary N) is 3. The third kappa shape index (κ3) is 6.74. The standard InChI is InChI=1S/C22H29ClFN3O3S/c1-5-6-7-14(2)15(3)22(28)26-21-19(23)12-18(13-20(21)24)31(29,30)27-16(4)17-8-10-25-11-9-17/h5-7,12-13,16-17,25,27H,1,8-11H2,2-4H3,(H,26,28)/b7-6-,15-14+/t16-/m1/s1. The summed E-state index contributed by atoms with van der Waals surface area (Å²) in [6.45, 7) is 10.4. The van der Waals surface area contributed by atoms with Gasteiger partial charge in [0.25, 0.3) is 5.91 Å². The number of hydrogen-bond donors (Lipinski definition) is 3. The van der Waals surface area contributed by atoms with Crippen LogP contribution in [0.25, 0.3) is 0 Å². The maximum Gasteiger partial charge on any atom is 0.251 e. The number of carbonyl (C=O) groups excluding carboxylic acids is 1. The van der Waals surface area contributed by atoms with E-state index in [-0.39, 0.29) is 27.6 Å². The van der Waals surface area contributed by atoms with Gasteiger partial charge >= 0.3 is 0 Å². The first-order chi connectivity index (χ1) is 14.6. The van der Waals surface area contributed by atoms with E-state index in [1.165, 1.54) is 0 Å². The van der Waals surface area contributed by atoms with Crippen LogP contribution >= 0.6 is 11.6 Å². The number of hydrogen-bond acceptors (Lipinski definition) is 4. The van der Waals surface area contributed by atoms with Crippen molar-refractivity contribution in [3.8, 4) is 0 Å². The molecule has 2 rings (SSSR count). The normalized spacial score (nSPS) is 17.3. The van der Waals surface area contributed by atoms with E-state index >= 15 is 0 Å². The van der Waals surface area contributed by atoms with Gasteiger partial charge < -0.3 is 10.6 Å². The third-order valence-electron chi connectivity index (χ3n) is 5.41. The topological polar surface area (TPSA) is 87.3 Å². The second kappa shape index (κ2) is 11.0. The van der Waals surface area contributed by atoms with Crippen LogP contribution in [-0.2, 0) is 14.8 Å². The van der Waals surface area contributed by atoms with E-state index in [4.69, 9.17) is 11.6 Å². The average Bonchev–Trinajstić information content (AvgIpc) is 2.73. The number of amides is 1. The highest BCUT2D eigenvalue weighted by Gasteiger charge is 2.27. The molecule has 3 N–H and O–H groups in total. The predicted molar refractivity (Wildman–Crippen MR) is 123 cm³/mol. The van der Waals surface area contributed by atoms with Crippen LogP contribution in [0.3, 0.4) is 0 Å². The van der Waals surface area contributed by atoms with Crippen LogP contribution in [0.1, 0.15) is 33.6 Å². The van der Waals surface area contributed by atoms with Crippen molar-refractivity contribution in [1.82, 2.24) is 10.0 Å². The Bertz CT molecular complexity index is 976. The summed E-state index contributed by atoms with van der Waals surface area (Å²) in [5.74, 6) is -1.27. The zero-order valence-corrected chi connectivity index (χ0v) is 19.5.